The van der Waals surface area contributed by atoms with Crippen LogP contribution in [0.25, 0.3) is 5.69 Å². The molecular formula is C18H15N3. The third-order valence-electron chi connectivity index (χ3n) is 3.26. The van der Waals surface area contributed by atoms with Crippen LogP contribution in [0.3, 0.4) is 0 Å². The molecule has 0 saturated heterocycles. The summed E-state index contributed by atoms with van der Waals surface area (Å²) in [5.41, 5.74) is 4.23. The van der Waals surface area contributed by atoms with Gasteiger partial charge in [0, 0.05) is 35.9 Å². The van der Waals surface area contributed by atoms with Crippen LogP contribution in [-0.2, 0) is 6.54 Å². The Balaban J connectivity index is 1.67. The van der Waals surface area contributed by atoms with Gasteiger partial charge in [-0.2, -0.15) is 0 Å². The van der Waals surface area contributed by atoms with E-state index < -0.39 is 0 Å². The van der Waals surface area contributed by atoms with Crippen molar-refractivity contribution in [3.8, 4) is 18.0 Å². The lowest BCUT2D eigenvalue weighted by Gasteiger charge is -2.08. The van der Waals surface area contributed by atoms with E-state index in [0.29, 0.717) is 0 Å². The van der Waals surface area contributed by atoms with E-state index in [-0.39, 0.29) is 0 Å². The predicted molar refractivity (Wildman–Crippen MR) is 85.3 cm³/mol. The molecule has 0 bridgehead atoms. The van der Waals surface area contributed by atoms with E-state index in [1.807, 2.05) is 35.0 Å². The van der Waals surface area contributed by atoms with Crippen LogP contribution in [0.4, 0.5) is 5.69 Å². The van der Waals surface area contributed by atoms with Crippen molar-refractivity contribution in [2.45, 2.75) is 6.54 Å². The lowest BCUT2D eigenvalue weighted by molar-refractivity contribution is 1.05. The van der Waals surface area contributed by atoms with E-state index >= 15 is 0 Å². The Morgan fingerprint density at radius 2 is 2.00 bits per heavy atom. The third kappa shape index (κ3) is 3.13. The molecule has 3 rings (SSSR count). The van der Waals surface area contributed by atoms with Gasteiger partial charge < -0.3 is 9.88 Å². The third-order valence-corrected chi connectivity index (χ3v) is 3.26. The molecule has 3 heteroatoms. The zero-order valence-electron chi connectivity index (χ0n) is 11.5. The van der Waals surface area contributed by atoms with Crippen LogP contribution in [0.15, 0.2) is 67.3 Å². The number of terminal acetylenes is 1. The number of anilines is 1. The molecule has 102 valence electrons. The highest BCUT2D eigenvalue weighted by molar-refractivity contribution is 5.50. The maximum absolute atomic E-state index is 5.40. The molecular weight excluding hydrogens is 258 g/mol. The van der Waals surface area contributed by atoms with Crippen LogP contribution in [0, 0.1) is 12.3 Å². The van der Waals surface area contributed by atoms with Crippen molar-refractivity contribution in [1.82, 2.24) is 9.55 Å². The number of benzene rings is 2. The quantitative estimate of drug-likeness (QED) is 0.738. The van der Waals surface area contributed by atoms with Crippen molar-refractivity contribution >= 4 is 5.69 Å². The molecule has 21 heavy (non-hydrogen) atoms. The summed E-state index contributed by atoms with van der Waals surface area (Å²) in [7, 11) is 0. The van der Waals surface area contributed by atoms with Crippen LogP contribution in [-0.4, -0.2) is 9.55 Å². The molecule has 0 atom stereocenters. The number of nitrogens with one attached hydrogen (secondary N) is 1. The van der Waals surface area contributed by atoms with Crippen LogP contribution in [0.5, 0.6) is 0 Å². The van der Waals surface area contributed by atoms with Gasteiger partial charge in [0.05, 0.1) is 6.33 Å². The second-order valence-electron chi connectivity index (χ2n) is 4.72. The van der Waals surface area contributed by atoms with Crippen LogP contribution < -0.4 is 5.32 Å². The molecule has 0 amide bonds. The monoisotopic (exact) mass is 273 g/mol. The average molecular weight is 273 g/mol. The van der Waals surface area contributed by atoms with E-state index in [4.69, 9.17) is 6.42 Å². The van der Waals surface area contributed by atoms with Gasteiger partial charge >= 0.3 is 0 Å². The van der Waals surface area contributed by atoms with E-state index in [1.54, 1.807) is 12.5 Å². The molecule has 2 aromatic carbocycles. The van der Waals surface area contributed by atoms with Gasteiger partial charge in [0.1, 0.15) is 0 Å². The standard InChI is InChI=1S/C18H15N3/c1-2-15-4-3-5-17(12-15)20-13-16-6-8-18(9-7-16)21-11-10-19-14-21/h1,3-12,14,20H,13H2. The Morgan fingerprint density at radius 3 is 2.71 bits per heavy atom. The fraction of sp³-hybridized carbons (Fsp3) is 0.0556. The zero-order valence-corrected chi connectivity index (χ0v) is 11.5. The topological polar surface area (TPSA) is 29.9 Å². The molecule has 1 heterocycles. The summed E-state index contributed by atoms with van der Waals surface area (Å²) in [6, 6.07) is 16.2. The molecule has 3 nitrogen and oxygen atoms in total. The maximum Gasteiger partial charge on any atom is 0.0991 e. The highest BCUT2D eigenvalue weighted by Crippen LogP contribution is 2.13. The van der Waals surface area contributed by atoms with Crippen molar-refractivity contribution in [2.75, 3.05) is 5.32 Å². The van der Waals surface area contributed by atoms with Gasteiger partial charge in [0.2, 0.25) is 0 Å². The summed E-state index contributed by atoms with van der Waals surface area (Å²) in [5.74, 6) is 2.64. The van der Waals surface area contributed by atoms with E-state index in [9.17, 15) is 0 Å². The summed E-state index contributed by atoms with van der Waals surface area (Å²) < 4.78 is 1.98. The summed E-state index contributed by atoms with van der Waals surface area (Å²) >= 11 is 0. The van der Waals surface area contributed by atoms with Crippen LogP contribution in [0.1, 0.15) is 11.1 Å². The molecule has 1 N–H and O–H groups in total. The predicted octanol–water partition coefficient (Wildman–Crippen LogP) is 3.47. The van der Waals surface area contributed by atoms with Crippen molar-refractivity contribution in [3.63, 3.8) is 0 Å². The van der Waals surface area contributed by atoms with Gasteiger partial charge in [-0.15, -0.1) is 6.42 Å². The SMILES string of the molecule is C#Cc1cccc(NCc2ccc(-n3ccnc3)cc2)c1. The molecule has 0 aliphatic rings. The van der Waals surface area contributed by atoms with Crippen molar-refractivity contribution < 1.29 is 0 Å². The normalized spacial score (nSPS) is 10.0. The number of imidazole rings is 1. The molecule has 0 aliphatic heterocycles. The van der Waals surface area contributed by atoms with Gasteiger partial charge in [-0.3, -0.25) is 0 Å². The second-order valence-corrected chi connectivity index (χ2v) is 4.72. The maximum atomic E-state index is 5.40. The Hall–Kier alpha value is -2.99. The highest BCUT2D eigenvalue weighted by Gasteiger charge is 1.98. The highest BCUT2D eigenvalue weighted by atomic mass is 15.0. The van der Waals surface area contributed by atoms with Gasteiger partial charge in [-0.25, -0.2) is 4.98 Å². The Morgan fingerprint density at radius 1 is 1.14 bits per heavy atom. The number of aromatic nitrogens is 2. The zero-order chi connectivity index (χ0) is 14.5. The van der Waals surface area contributed by atoms with Crippen molar-refractivity contribution in [2.24, 2.45) is 0 Å². The molecule has 0 spiro atoms. The minimum Gasteiger partial charge on any atom is -0.381 e. The van der Waals surface area contributed by atoms with Gasteiger partial charge in [0.15, 0.2) is 0 Å². The summed E-state index contributed by atoms with van der Waals surface area (Å²) in [4.78, 5) is 4.05. The number of hydrogen-bond donors (Lipinski definition) is 1. The summed E-state index contributed by atoms with van der Waals surface area (Å²) in [6.45, 7) is 0.762. The van der Waals surface area contributed by atoms with E-state index in [2.05, 4.69) is 40.5 Å². The first-order valence-corrected chi connectivity index (χ1v) is 6.73. The average Bonchev–Trinajstić information content (AvgIpc) is 3.08. The van der Waals surface area contributed by atoms with Gasteiger partial charge in [0.25, 0.3) is 0 Å². The number of rotatable bonds is 4. The van der Waals surface area contributed by atoms with Crippen molar-refractivity contribution in [3.05, 3.63) is 78.4 Å². The smallest absolute Gasteiger partial charge is 0.0991 e. The fourth-order valence-corrected chi connectivity index (χ4v) is 2.12. The number of hydrogen-bond acceptors (Lipinski definition) is 2. The largest absolute Gasteiger partial charge is 0.381 e. The Bertz CT molecular complexity index is 750. The molecule has 0 saturated carbocycles. The Labute approximate surface area is 124 Å². The molecule has 0 radical (unpaired) electrons. The molecule has 0 fully saturated rings. The number of nitrogens with zero attached hydrogens (tertiary/aromatic N) is 2. The first kappa shape index (κ1) is 13.0. The van der Waals surface area contributed by atoms with Crippen LogP contribution in [0.2, 0.25) is 0 Å². The van der Waals surface area contributed by atoms with Crippen LogP contribution >= 0.6 is 0 Å². The fourth-order valence-electron chi connectivity index (χ4n) is 2.12. The lowest BCUT2D eigenvalue weighted by Crippen LogP contribution is -2.00. The summed E-state index contributed by atoms with van der Waals surface area (Å²) in [5, 5.41) is 3.38. The minimum absolute atomic E-state index is 0.762. The lowest BCUT2D eigenvalue weighted by atomic mass is 10.2. The first-order valence-electron chi connectivity index (χ1n) is 6.73. The van der Waals surface area contributed by atoms with Gasteiger partial charge in [-0.05, 0) is 35.9 Å². The van der Waals surface area contributed by atoms with Crippen molar-refractivity contribution in [1.29, 1.82) is 0 Å². The van der Waals surface area contributed by atoms with E-state index in [1.165, 1.54) is 5.56 Å². The van der Waals surface area contributed by atoms with Gasteiger partial charge in [-0.1, -0.05) is 24.1 Å². The molecule has 0 aliphatic carbocycles. The molecule has 3 aromatic rings. The second kappa shape index (κ2) is 5.98. The van der Waals surface area contributed by atoms with E-state index in [0.717, 1.165) is 23.5 Å². The molecule has 1 aromatic heterocycles. The summed E-state index contributed by atoms with van der Waals surface area (Å²) in [6.07, 6.45) is 10.9. The molecule has 0 unspecified atom stereocenters. The first-order chi connectivity index (χ1) is 10.3. The minimum atomic E-state index is 0.762. The Kier molecular flexibility index (Phi) is 3.70.